The normalized spacial score (nSPS) is 37.7. The quantitative estimate of drug-likeness (QED) is 0.713. The second kappa shape index (κ2) is 4.42. The molecule has 1 aliphatic carbocycles. The van der Waals surface area contributed by atoms with Gasteiger partial charge in [-0.25, -0.2) is 0 Å². The minimum absolute atomic E-state index is 0.0108. The maximum Gasteiger partial charge on any atom is 0.0783 e. The second-order valence-corrected chi connectivity index (χ2v) is 5.69. The number of ether oxygens (including phenoxy) is 1. The van der Waals surface area contributed by atoms with Crippen LogP contribution in [0.5, 0.6) is 0 Å². The van der Waals surface area contributed by atoms with Crippen molar-refractivity contribution in [3.05, 3.63) is 0 Å². The molecule has 2 aliphatic rings. The molecule has 0 amide bonds. The lowest BCUT2D eigenvalue weighted by Gasteiger charge is -2.30. The Kier molecular flexibility index (Phi) is 3.40. The van der Waals surface area contributed by atoms with Gasteiger partial charge in [0.05, 0.1) is 6.10 Å². The van der Waals surface area contributed by atoms with Gasteiger partial charge in [0.1, 0.15) is 0 Å². The first-order chi connectivity index (χ1) is 6.76. The summed E-state index contributed by atoms with van der Waals surface area (Å²) >= 11 is 1.91. The average molecular weight is 215 g/mol. The monoisotopic (exact) mass is 215 g/mol. The van der Waals surface area contributed by atoms with Crippen molar-refractivity contribution in [2.45, 2.75) is 43.7 Å². The van der Waals surface area contributed by atoms with Crippen LogP contribution in [0.4, 0.5) is 0 Å². The Hall–Kier alpha value is 0.270. The van der Waals surface area contributed by atoms with Gasteiger partial charge in [0.2, 0.25) is 0 Å². The highest BCUT2D eigenvalue weighted by atomic mass is 32.2. The first-order valence-corrected chi connectivity index (χ1v) is 7.05. The van der Waals surface area contributed by atoms with Crippen LogP contribution in [0.25, 0.3) is 0 Å². The smallest absolute Gasteiger partial charge is 0.0783 e. The van der Waals surface area contributed by atoms with Crippen LogP contribution in [0.2, 0.25) is 0 Å². The largest absolute Gasteiger partial charge is 0.376 e. The van der Waals surface area contributed by atoms with Crippen molar-refractivity contribution in [2.24, 2.45) is 11.7 Å². The molecule has 3 heteroatoms. The molecule has 0 aromatic rings. The molecule has 14 heavy (non-hydrogen) atoms. The summed E-state index contributed by atoms with van der Waals surface area (Å²) in [6.07, 6.45) is 8.68. The maximum absolute atomic E-state index is 6.45. The summed E-state index contributed by atoms with van der Waals surface area (Å²) in [6.45, 7) is 0.886. The molecule has 1 heterocycles. The van der Waals surface area contributed by atoms with E-state index in [-0.39, 0.29) is 5.54 Å². The predicted octanol–water partition coefficient (Wildman–Crippen LogP) is 2.03. The van der Waals surface area contributed by atoms with Gasteiger partial charge in [0.15, 0.2) is 0 Å². The SMILES string of the molecule is CSCCCC1(N)CCOC1C1CC1. The zero-order valence-electron chi connectivity index (χ0n) is 9.00. The molecule has 0 radical (unpaired) electrons. The van der Waals surface area contributed by atoms with E-state index in [2.05, 4.69) is 6.26 Å². The number of thioether (sulfide) groups is 1. The van der Waals surface area contributed by atoms with Gasteiger partial charge in [-0.1, -0.05) is 0 Å². The first kappa shape index (κ1) is 10.8. The molecule has 1 saturated carbocycles. The zero-order valence-corrected chi connectivity index (χ0v) is 9.81. The summed E-state index contributed by atoms with van der Waals surface area (Å²) in [7, 11) is 0. The Morgan fingerprint density at radius 3 is 2.93 bits per heavy atom. The molecule has 0 bridgehead atoms. The summed E-state index contributed by atoms with van der Waals surface area (Å²) in [5.41, 5.74) is 6.46. The second-order valence-electron chi connectivity index (χ2n) is 4.71. The Morgan fingerprint density at radius 2 is 2.29 bits per heavy atom. The third-order valence-electron chi connectivity index (χ3n) is 3.47. The van der Waals surface area contributed by atoms with Crippen molar-refractivity contribution in [1.82, 2.24) is 0 Å². The van der Waals surface area contributed by atoms with Gasteiger partial charge in [-0.15, -0.1) is 0 Å². The molecule has 0 spiro atoms. The van der Waals surface area contributed by atoms with Crippen LogP contribution in [0.15, 0.2) is 0 Å². The molecule has 0 aromatic carbocycles. The van der Waals surface area contributed by atoms with Crippen molar-refractivity contribution >= 4 is 11.8 Å². The molecule has 2 N–H and O–H groups in total. The highest BCUT2D eigenvalue weighted by molar-refractivity contribution is 7.98. The summed E-state index contributed by atoms with van der Waals surface area (Å²) in [6, 6.07) is 0. The Morgan fingerprint density at radius 1 is 1.50 bits per heavy atom. The highest BCUT2D eigenvalue weighted by Gasteiger charge is 2.48. The Bertz CT molecular complexity index is 196. The molecule has 1 aliphatic heterocycles. The lowest BCUT2D eigenvalue weighted by atomic mass is 9.85. The van der Waals surface area contributed by atoms with Crippen LogP contribution in [-0.4, -0.2) is 30.3 Å². The standard InChI is InChI=1S/C11H21NOS/c1-14-8-2-5-11(12)6-7-13-10(11)9-3-4-9/h9-10H,2-8,12H2,1H3. The van der Waals surface area contributed by atoms with Crippen molar-refractivity contribution in [1.29, 1.82) is 0 Å². The van der Waals surface area contributed by atoms with E-state index in [9.17, 15) is 0 Å². The van der Waals surface area contributed by atoms with E-state index in [4.69, 9.17) is 10.5 Å². The predicted molar refractivity (Wildman–Crippen MR) is 61.6 cm³/mol. The molecule has 2 rings (SSSR count). The molecule has 82 valence electrons. The molecule has 1 saturated heterocycles. The molecule has 2 fully saturated rings. The third-order valence-corrected chi connectivity index (χ3v) is 4.17. The average Bonchev–Trinajstić information content (AvgIpc) is 2.92. The van der Waals surface area contributed by atoms with Gasteiger partial charge in [-0.05, 0) is 50.0 Å². The van der Waals surface area contributed by atoms with Gasteiger partial charge in [0.25, 0.3) is 0 Å². The van der Waals surface area contributed by atoms with Crippen LogP contribution in [-0.2, 0) is 4.74 Å². The molecule has 0 aromatic heterocycles. The first-order valence-electron chi connectivity index (χ1n) is 5.66. The van der Waals surface area contributed by atoms with Crippen LogP contribution in [0, 0.1) is 5.92 Å². The Labute approximate surface area is 91.0 Å². The van der Waals surface area contributed by atoms with E-state index in [0.717, 1.165) is 25.4 Å². The van der Waals surface area contributed by atoms with Crippen LogP contribution in [0.3, 0.4) is 0 Å². The van der Waals surface area contributed by atoms with Crippen LogP contribution >= 0.6 is 11.8 Å². The fourth-order valence-electron chi connectivity index (χ4n) is 2.50. The van der Waals surface area contributed by atoms with Crippen molar-refractivity contribution in [2.75, 3.05) is 18.6 Å². The molecular formula is C11H21NOS. The topological polar surface area (TPSA) is 35.2 Å². The van der Waals surface area contributed by atoms with Gasteiger partial charge in [-0.3, -0.25) is 0 Å². The van der Waals surface area contributed by atoms with Crippen molar-refractivity contribution in [3.8, 4) is 0 Å². The summed E-state index contributed by atoms with van der Waals surface area (Å²) in [5, 5.41) is 0. The van der Waals surface area contributed by atoms with Crippen LogP contribution in [0.1, 0.15) is 32.1 Å². The lowest BCUT2D eigenvalue weighted by Crippen LogP contribution is -2.48. The van der Waals surface area contributed by atoms with E-state index in [1.807, 2.05) is 11.8 Å². The van der Waals surface area contributed by atoms with E-state index in [0.29, 0.717) is 6.10 Å². The number of hydrogen-bond acceptors (Lipinski definition) is 3. The molecule has 2 atom stereocenters. The van der Waals surface area contributed by atoms with Crippen LogP contribution < -0.4 is 5.73 Å². The van der Waals surface area contributed by atoms with E-state index >= 15 is 0 Å². The summed E-state index contributed by atoms with van der Waals surface area (Å²) < 4.78 is 5.79. The Balaban J connectivity index is 1.84. The molecular weight excluding hydrogens is 194 g/mol. The van der Waals surface area contributed by atoms with Crippen molar-refractivity contribution < 1.29 is 4.74 Å². The van der Waals surface area contributed by atoms with Gasteiger partial charge in [0, 0.05) is 12.1 Å². The third kappa shape index (κ3) is 2.26. The van der Waals surface area contributed by atoms with E-state index < -0.39 is 0 Å². The molecule has 2 unspecified atom stereocenters. The number of rotatable bonds is 5. The highest BCUT2D eigenvalue weighted by Crippen LogP contribution is 2.43. The number of hydrogen-bond donors (Lipinski definition) is 1. The van der Waals surface area contributed by atoms with Gasteiger partial charge in [-0.2, -0.15) is 11.8 Å². The lowest BCUT2D eigenvalue weighted by molar-refractivity contribution is 0.0601. The summed E-state index contributed by atoms with van der Waals surface area (Å²) in [4.78, 5) is 0. The minimum Gasteiger partial charge on any atom is -0.376 e. The maximum atomic E-state index is 6.45. The fraction of sp³-hybridized carbons (Fsp3) is 1.00. The van der Waals surface area contributed by atoms with Crippen molar-refractivity contribution in [3.63, 3.8) is 0 Å². The van der Waals surface area contributed by atoms with E-state index in [1.54, 1.807) is 0 Å². The zero-order chi connectivity index (χ0) is 10.0. The van der Waals surface area contributed by atoms with Gasteiger partial charge >= 0.3 is 0 Å². The fourth-order valence-corrected chi connectivity index (χ4v) is 2.93. The minimum atomic E-state index is 0.0108. The van der Waals surface area contributed by atoms with Gasteiger partial charge < -0.3 is 10.5 Å². The van der Waals surface area contributed by atoms with E-state index in [1.165, 1.54) is 25.0 Å². The number of nitrogens with two attached hydrogens (primary N) is 1. The molecule has 2 nitrogen and oxygen atoms in total. The summed E-state index contributed by atoms with van der Waals surface area (Å²) in [5.74, 6) is 2.02.